The lowest BCUT2D eigenvalue weighted by Crippen LogP contribution is -2.29. The van der Waals surface area contributed by atoms with Crippen molar-refractivity contribution in [3.05, 3.63) is 0 Å². The summed E-state index contributed by atoms with van der Waals surface area (Å²) in [7, 11) is 1.50. The molecular weight excluding hydrogens is 152 g/mol. The Bertz CT molecular complexity index is 81.1. The third-order valence-electron chi connectivity index (χ3n) is 1.12. The molecular formula is C6H14O3S. The Hall–Kier alpha value is 0.230. The zero-order chi connectivity index (χ0) is 8.04. The summed E-state index contributed by atoms with van der Waals surface area (Å²) in [4.78, 5) is 0. The lowest BCUT2D eigenvalue weighted by atomic mass is 10.4. The van der Waals surface area contributed by atoms with E-state index in [4.69, 9.17) is 14.6 Å². The fourth-order valence-electron chi connectivity index (χ4n) is 0.600. The molecule has 0 heterocycles. The molecule has 0 rings (SSSR count). The monoisotopic (exact) mass is 166 g/mol. The van der Waals surface area contributed by atoms with Gasteiger partial charge in [-0.2, -0.15) is 0 Å². The molecule has 3 nitrogen and oxygen atoms in total. The number of rotatable bonds is 5. The van der Waals surface area contributed by atoms with Crippen molar-refractivity contribution in [3.63, 3.8) is 0 Å². The minimum absolute atomic E-state index is 0.0112. The minimum Gasteiger partial charge on any atom is -0.396 e. The first kappa shape index (κ1) is 10.2. The number of hydrogen-bond donors (Lipinski definition) is 2. The standard InChI is InChI=1S/C6H14O3S/c1-3-9-6(10,8-2)4-5-7/h7,10H,3-5H2,1-2H3. The SMILES string of the molecule is CCOC(S)(CCO)OC. The summed E-state index contributed by atoms with van der Waals surface area (Å²) in [6, 6.07) is 0. The van der Waals surface area contributed by atoms with Crippen molar-refractivity contribution >= 4 is 12.6 Å². The Morgan fingerprint density at radius 2 is 2.20 bits per heavy atom. The Morgan fingerprint density at radius 3 is 2.50 bits per heavy atom. The summed E-state index contributed by atoms with van der Waals surface area (Å²) < 4.78 is 10.0. The lowest BCUT2D eigenvalue weighted by molar-refractivity contribution is -0.157. The van der Waals surface area contributed by atoms with Gasteiger partial charge in [-0.25, -0.2) is 0 Å². The summed E-state index contributed by atoms with van der Waals surface area (Å²) in [5.74, 6) is 0. The molecule has 0 amide bonds. The van der Waals surface area contributed by atoms with Gasteiger partial charge in [0, 0.05) is 26.7 Å². The molecule has 0 aromatic heterocycles. The van der Waals surface area contributed by atoms with Crippen LogP contribution in [0.15, 0.2) is 0 Å². The van der Waals surface area contributed by atoms with Gasteiger partial charge in [0.1, 0.15) is 0 Å². The van der Waals surface area contributed by atoms with Crippen LogP contribution in [0.1, 0.15) is 13.3 Å². The molecule has 0 radical (unpaired) electrons. The highest BCUT2D eigenvalue weighted by Gasteiger charge is 2.23. The fourth-order valence-corrected chi connectivity index (χ4v) is 0.829. The van der Waals surface area contributed by atoms with E-state index >= 15 is 0 Å². The Balaban J connectivity index is 3.69. The molecule has 0 aliphatic rings. The third-order valence-corrected chi connectivity index (χ3v) is 1.65. The number of thiol groups is 1. The van der Waals surface area contributed by atoms with E-state index in [-0.39, 0.29) is 6.61 Å². The molecule has 0 bridgehead atoms. The van der Waals surface area contributed by atoms with Crippen LogP contribution in [0.2, 0.25) is 0 Å². The van der Waals surface area contributed by atoms with Crippen LogP contribution in [0, 0.1) is 0 Å². The van der Waals surface area contributed by atoms with Gasteiger partial charge in [-0.1, -0.05) is 0 Å². The van der Waals surface area contributed by atoms with Crippen LogP contribution in [0.4, 0.5) is 0 Å². The van der Waals surface area contributed by atoms with Gasteiger partial charge in [0.2, 0.25) is 5.12 Å². The predicted octanol–water partition coefficient (Wildman–Crippen LogP) is 0.635. The quantitative estimate of drug-likeness (QED) is 0.465. The van der Waals surface area contributed by atoms with Gasteiger partial charge in [0.05, 0.1) is 0 Å². The van der Waals surface area contributed by atoms with E-state index in [0.29, 0.717) is 13.0 Å². The number of hydrogen-bond acceptors (Lipinski definition) is 4. The maximum absolute atomic E-state index is 8.55. The highest BCUT2D eigenvalue weighted by atomic mass is 32.1. The van der Waals surface area contributed by atoms with E-state index in [1.54, 1.807) is 0 Å². The highest BCUT2D eigenvalue weighted by molar-refractivity contribution is 7.81. The zero-order valence-electron chi connectivity index (χ0n) is 6.33. The van der Waals surface area contributed by atoms with Gasteiger partial charge in [-0.05, 0) is 6.92 Å². The maximum atomic E-state index is 8.55. The average molecular weight is 166 g/mol. The van der Waals surface area contributed by atoms with Crippen molar-refractivity contribution in [2.24, 2.45) is 0 Å². The zero-order valence-corrected chi connectivity index (χ0v) is 7.23. The van der Waals surface area contributed by atoms with Crippen LogP contribution in [0.3, 0.4) is 0 Å². The van der Waals surface area contributed by atoms with E-state index in [1.807, 2.05) is 6.92 Å². The van der Waals surface area contributed by atoms with E-state index in [0.717, 1.165) is 0 Å². The van der Waals surface area contributed by atoms with Gasteiger partial charge >= 0.3 is 0 Å². The third kappa shape index (κ3) is 3.41. The van der Waals surface area contributed by atoms with Crippen LogP contribution in [-0.4, -0.2) is 30.5 Å². The van der Waals surface area contributed by atoms with Crippen LogP contribution in [0.25, 0.3) is 0 Å². The van der Waals surface area contributed by atoms with E-state index in [2.05, 4.69) is 12.6 Å². The topological polar surface area (TPSA) is 38.7 Å². The molecule has 62 valence electrons. The van der Waals surface area contributed by atoms with Gasteiger partial charge in [0.25, 0.3) is 0 Å². The van der Waals surface area contributed by atoms with Crippen molar-refractivity contribution < 1.29 is 14.6 Å². The molecule has 1 atom stereocenters. The minimum atomic E-state index is -0.913. The van der Waals surface area contributed by atoms with Gasteiger partial charge in [0.15, 0.2) is 0 Å². The number of methoxy groups -OCH3 is 1. The lowest BCUT2D eigenvalue weighted by Gasteiger charge is -2.25. The van der Waals surface area contributed by atoms with Crippen molar-refractivity contribution in [2.75, 3.05) is 20.3 Å². The van der Waals surface area contributed by atoms with Crippen LogP contribution < -0.4 is 0 Å². The van der Waals surface area contributed by atoms with Crippen molar-refractivity contribution in [1.29, 1.82) is 0 Å². The largest absolute Gasteiger partial charge is 0.396 e. The van der Waals surface area contributed by atoms with Crippen molar-refractivity contribution in [2.45, 2.75) is 18.5 Å². The Kier molecular flexibility index (Phi) is 5.07. The Labute approximate surface area is 66.7 Å². The molecule has 1 N–H and O–H groups in total. The second-order valence-electron chi connectivity index (χ2n) is 1.82. The first-order chi connectivity index (χ1) is 4.68. The summed E-state index contributed by atoms with van der Waals surface area (Å²) in [6.45, 7) is 2.38. The van der Waals surface area contributed by atoms with Gasteiger partial charge in [-0.15, -0.1) is 12.6 Å². The first-order valence-corrected chi connectivity index (χ1v) is 3.65. The molecule has 1 unspecified atom stereocenters. The molecule has 4 heteroatoms. The van der Waals surface area contributed by atoms with E-state index in [9.17, 15) is 0 Å². The predicted molar refractivity (Wildman–Crippen MR) is 42.1 cm³/mol. The van der Waals surface area contributed by atoms with E-state index in [1.165, 1.54) is 7.11 Å². The normalized spacial score (nSPS) is 16.8. The first-order valence-electron chi connectivity index (χ1n) is 3.21. The van der Waals surface area contributed by atoms with Crippen molar-refractivity contribution in [1.82, 2.24) is 0 Å². The molecule has 0 aliphatic heterocycles. The smallest absolute Gasteiger partial charge is 0.217 e. The van der Waals surface area contributed by atoms with Crippen molar-refractivity contribution in [3.8, 4) is 0 Å². The molecule has 0 fully saturated rings. The van der Waals surface area contributed by atoms with Gasteiger partial charge in [-0.3, -0.25) is 0 Å². The molecule has 0 spiro atoms. The van der Waals surface area contributed by atoms with Crippen LogP contribution in [-0.2, 0) is 9.47 Å². The fraction of sp³-hybridized carbons (Fsp3) is 1.00. The summed E-state index contributed by atoms with van der Waals surface area (Å²) in [5, 5.41) is 7.64. The number of aliphatic hydroxyl groups is 1. The van der Waals surface area contributed by atoms with Crippen LogP contribution in [0.5, 0.6) is 0 Å². The number of ether oxygens (including phenoxy) is 2. The molecule has 10 heavy (non-hydrogen) atoms. The molecule has 0 aromatic carbocycles. The Morgan fingerprint density at radius 1 is 1.60 bits per heavy atom. The molecule has 0 saturated heterocycles. The maximum Gasteiger partial charge on any atom is 0.217 e. The van der Waals surface area contributed by atoms with E-state index < -0.39 is 5.12 Å². The summed E-state index contributed by atoms with van der Waals surface area (Å²) in [6.07, 6.45) is 0.375. The molecule has 0 aromatic rings. The second-order valence-corrected chi connectivity index (χ2v) is 2.50. The second kappa shape index (κ2) is 4.96. The summed E-state index contributed by atoms with van der Waals surface area (Å²) >= 11 is 4.07. The number of aliphatic hydroxyl groups excluding tert-OH is 1. The van der Waals surface area contributed by atoms with Gasteiger partial charge < -0.3 is 14.6 Å². The molecule has 0 saturated carbocycles. The molecule has 0 aliphatic carbocycles. The highest BCUT2D eigenvalue weighted by Crippen LogP contribution is 2.20. The van der Waals surface area contributed by atoms with Crippen LogP contribution >= 0.6 is 12.6 Å². The summed E-state index contributed by atoms with van der Waals surface area (Å²) in [5.41, 5.74) is 0. The average Bonchev–Trinajstić information content (AvgIpc) is 1.89.